The summed E-state index contributed by atoms with van der Waals surface area (Å²) in [5.74, 6) is -0.698. The number of amides is 3. The second kappa shape index (κ2) is 9.30. The number of ether oxygens (including phenoxy) is 1. The average molecular weight is 429 g/mol. The lowest BCUT2D eigenvalue weighted by molar-refractivity contribution is -0.126. The van der Waals surface area contributed by atoms with Gasteiger partial charge in [0.25, 0.3) is 0 Å². The maximum atomic E-state index is 13.0. The Morgan fingerprint density at radius 1 is 1.37 bits per heavy atom. The van der Waals surface area contributed by atoms with Crippen molar-refractivity contribution in [2.24, 2.45) is 5.92 Å². The molecular weight excluding hydrogens is 400 g/mol. The summed E-state index contributed by atoms with van der Waals surface area (Å²) >= 11 is 0. The molecular formula is C21H28N4O4Si. The lowest BCUT2D eigenvalue weighted by Crippen LogP contribution is -2.49. The number of hydrogen-bond acceptors (Lipinski definition) is 5. The largest absolute Gasteiger partial charge is 0.445 e. The predicted octanol–water partition coefficient (Wildman–Crippen LogP) is 1.79. The van der Waals surface area contributed by atoms with Gasteiger partial charge in [-0.15, -0.1) is 0 Å². The highest BCUT2D eigenvalue weighted by Gasteiger charge is 2.46. The van der Waals surface area contributed by atoms with Crippen molar-refractivity contribution in [3.63, 3.8) is 0 Å². The van der Waals surface area contributed by atoms with E-state index in [1.165, 1.54) is 4.90 Å². The van der Waals surface area contributed by atoms with Gasteiger partial charge < -0.3 is 15.4 Å². The summed E-state index contributed by atoms with van der Waals surface area (Å²) in [6.45, 7) is 4.99. The van der Waals surface area contributed by atoms with Gasteiger partial charge >= 0.3 is 6.09 Å². The lowest BCUT2D eigenvalue weighted by atomic mass is 9.99. The summed E-state index contributed by atoms with van der Waals surface area (Å²) in [5.41, 5.74) is 0.877. The Balaban J connectivity index is 1.62. The molecule has 0 radical (unpaired) electrons. The highest BCUT2D eigenvalue weighted by molar-refractivity contribution is 6.79. The van der Waals surface area contributed by atoms with Crippen LogP contribution in [0.15, 0.2) is 30.3 Å². The zero-order valence-electron chi connectivity index (χ0n) is 17.4. The van der Waals surface area contributed by atoms with E-state index in [9.17, 15) is 19.6 Å². The van der Waals surface area contributed by atoms with E-state index in [4.69, 9.17) is 4.74 Å². The molecule has 1 aromatic rings. The Morgan fingerprint density at radius 3 is 2.73 bits per heavy atom. The fourth-order valence-corrected chi connectivity index (χ4v) is 6.92. The first kappa shape index (κ1) is 21.8. The van der Waals surface area contributed by atoms with Crippen LogP contribution in [0.2, 0.25) is 19.1 Å². The second-order valence-corrected chi connectivity index (χ2v) is 13.8. The molecule has 0 unspecified atom stereocenters. The van der Waals surface area contributed by atoms with Gasteiger partial charge in [0.15, 0.2) is 0 Å². The summed E-state index contributed by atoms with van der Waals surface area (Å²) in [6, 6.07) is 10.7. The van der Waals surface area contributed by atoms with Crippen molar-refractivity contribution in [2.75, 3.05) is 12.7 Å². The molecule has 3 amide bonds. The van der Waals surface area contributed by atoms with Crippen LogP contribution in [0.3, 0.4) is 0 Å². The van der Waals surface area contributed by atoms with E-state index >= 15 is 0 Å². The summed E-state index contributed by atoms with van der Waals surface area (Å²) < 4.78 is 5.45. The molecule has 3 rings (SSSR count). The van der Waals surface area contributed by atoms with Crippen molar-refractivity contribution in [3.05, 3.63) is 35.9 Å². The van der Waals surface area contributed by atoms with E-state index in [0.717, 1.165) is 5.56 Å². The Kier molecular flexibility index (Phi) is 6.77. The third kappa shape index (κ3) is 5.39. The summed E-state index contributed by atoms with van der Waals surface area (Å²) in [4.78, 5) is 39.0. The number of rotatable bonds is 6. The lowest BCUT2D eigenvalue weighted by Gasteiger charge is -2.25. The fraction of sp³-hybridized carbons (Fsp3) is 0.524. The van der Waals surface area contributed by atoms with Crippen LogP contribution in [0, 0.1) is 17.2 Å². The van der Waals surface area contributed by atoms with E-state index in [1.807, 2.05) is 30.3 Å². The van der Waals surface area contributed by atoms with Crippen LogP contribution in [0.4, 0.5) is 4.79 Å². The van der Waals surface area contributed by atoms with E-state index < -0.39 is 26.3 Å². The fourth-order valence-electron chi connectivity index (χ4n) is 4.06. The van der Waals surface area contributed by atoms with Gasteiger partial charge in [0, 0.05) is 18.6 Å². The molecule has 9 heteroatoms. The van der Waals surface area contributed by atoms with Crippen LogP contribution in [0.5, 0.6) is 0 Å². The standard InChI is InChI=1S/C21H28N4O4Si/c1-30(2)13-18(20(27)24-17(11-22)10-16-8-9-23-19(16)26)25(14-30)21(28)29-12-15-6-4-3-5-7-15/h3-7,16-18H,8-10,12-14H2,1-2H3,(H,23,26)(H,24,27)/t16-,17-,18-/m0/s1. The first-order chi connectivity index (χ1) is 14.3. The van der Waals surface area contributed by atoms with Gasteiger partial charge in [0.05, 0.1) is 14.1 Å². The molecule has 2 N–H and O–H groups in total. The van der Waals surface area contributed by atoms with Gasteiger partial charge in [-0.2, -0.15) is 5.26 Å². The molecule has 0 aliphatic carbocycles. The Bertz CT molecular complexity index is 839. The normalized spacial score (nSPS) is 23.4. The van der Waals surface area contributed by atoms with Crippen LogP contribution in [-0.4, -0.2) is 55.7 Å². The molecule has 160 valence electrons. The van der Waals surface area contributed by atoms with Crippen LogP contribution < -0.4 is 10.6 Å². The van der Waals surface area contributed by atoms with Crippen molar-refractivity contribution in [1.29, 1.82) is 5.26 Å². The highest BCUT2D eigenvalue weighted by Crippen LogP contribution is 2.28. The minimum absolute atomic E-state index is 0.0787. The van der Waals surface area contributed by atoms with Crippen molar-refractivity contribution in [2.45, 2.75) is 50.7 Å². The van der Waals surface area contributed by atoms with Gasteiger partial charge in [-0.05, 0) is 24.4 Å². The van der Waals surface area contributed by atoms with E-state index in [2.05, 4.69) is 29.8 Å². The van der Waals surface area contributed by atoms with Crippen LogP contribution in [0.1, 0.15) is 18.4 Å². The summed E-state index contributed by atoms with van der Waals surface area (Å²) in [5, 5.41) is 14.9. The van der Waals surface area contributed by atoms with E-state index in [0.29, 0.717) is 25.2 Å². The average Bonchev–Trinajstić information content (AvgIpc) is 3.28. The molecule has 0 aromatic heterocycles. The van der Waals surface area contributed by atoms with Crippen molar-refractivity contribution in [3.8, 4) is 6.07 Å². The van der Waals surface area contributed by atoms with Crippen molar-refractivity contribution < 1.29 is 19.1 Å². The zero-order valence-corrected chi connectivity index (χ0v) is 18.4. The monoisotopic (exact) mass is 428 g/mol. The molecule has 2 aliphatic heterocycles. The maximum absolute atomic E-state index is 13.0. The molecule has 2 heterocycles. The van der Waals surface area contributed by atoms with E-state index in [-0.39, 0.29) is 30.8 Å². The molecule has 8 nitrogen and oxygen atoms in total. The maximum Gasteiger partial charge on any atom is 0.410 e. The van der Waals surface area contributed by atoms with Crippen molar-refractivity contribution in [1.82, 2.24) is 15.5 Å². The quantitative estimate of drug-likeness (QED) is 0.671. The van der Waals surface area contributed by atoms with Crippen molar-refractivity contribution >= 4 is 26.0 Å². The first-order valence-electron chi connectivity index (χ1n) is 10.2. The third-order valence-electron chi connectivity index (χ3n) is 5.62. The summed E-state index contributed by atoms with van der Waals surface area (Å²) in [7, 11) is -1.79. The topological polar surface area (TPSA) is 112 Å². The van der Waals surface area contributed by atoms with Crippen LogP contribution in [0.25, 0.3) is 0 Å². The zero-order chi connectivity index (χ0) is 21.7. The Morgan fingerprint density at radius 2 is 2.10 bits per heavy atom. The Hall–Kier alpha value is -2.86. The van der Waals surface area contributed by atoms with Gasteiger partial charge in [-0.1, -0.05) is 43.4 Å². The number of benzene rings is 1. The number of nitrogens with zero attached hydrogens (tertiary/aromatic N) is 2. The van der Waals surface area contributed by atoms with Crippen LogP contribution in [-0.2, 0) is 20.9 Å². The molecule has 1 aromatic carbocycles. The van der Waals surface area contributed by atoms with Gasteiger partial charge in [0.1, 0.15) is 18.7 Å². The van der Waals surface area contributed by atoms with Gasteiger partial charge in [-0.3, -0.25) is 14.5 Å². The number of nitrogens with one attached hydrogen (secondary N) is 2. The molecule has 2 aliphatic rings. The minimum atomic E-state index is -1.79. The summed E-state index contributed by atoms with van der Waals surface area (Å²) in [6.07, 6.45) is 0.954. The highest BCUT2D eigenvalue weighted by atomic mass is 28.3. The molecule has 0 spiro atoms. The number of nitriles is 1. The SMILES string of the molecule is C[Si]1(C)C[C@@H](C(=O)N[C@H](C#N)C[C@@H]2CCNC2=O)N(C(=O)OCc2ccccc2)C1. The van der Waals surface area contributed by atoms with Gasteiger partial charge in [-0.25, -0.2) is 4.79 Å². The smallest absolute Gasteiger partial charge is 0.410 e. The van der Waals surface area contributed by atoms with Gasteiger partial charge in [0.2, 0.25) is 11.8 Å². The third-order valence-corrected chi connectivity index (χ3v) is 8.31. The molecule has 2 saturated heterocycles. The molecule has 30 heavy (non-hydrogen) atoms. The second-order valence-electron chi connectivity index (χ2n) is 8.75. The number of carbonyl (C=O) groups is 3. The molecule has 0 saturated carbocycles. The van der Waals surface area contributed by atoms with E-state index in [1.54, 1.807) is 0 Å². The molecule has 0 bridgehead atoms. The predicted molar refractivity (Wildman–Crippen MR) is 113 cm³/mol. The number of hydrogen-bond donors (Lipinski definition) is 2. The first-order valence-corrected chi connectivity index (χ1v) is 13.7. The minimum Gasteiger partial charge on any atom is -0.445 e. The Labute approximate surface area is 177 Å². The molecule has 3 atom stereocenters. The van der Waals surface area contributed by atoms with Crippen LogP contribution >= 0.6 is 0 Å². The number of carbonyl (C=O) groups excluding carboxylic acids is 3. The molecule has 2 fully saturated rings.